The van der Waals surface area contributed by atoms with Crippen LogP contribution in [0.3, 0.4) is 0 Å². The molecule has 3 aromatic rings. The van der Waals surface area contributed by atoms with Gasteiger partial charge in [-0.2, -0.15) is 4.98 Å². The normalized spacial score (nSPS) is 12.0. The molecule has 2 amide bonds. The van der Waals surface area contributed by atoms with Gasteiger partial charge in [-0.15, -0.1) is 0 Å². The van der Waals surface area contributed by atoms with Gasteiger partial charge in [0.25, 0.3) is 0 Å². The van der Waals surface area contributed by atoms with E-state index in [1.807, 2.05) is 52.6 Å². The van der Waals surface area contributed by atoms with Gasteiger partial charge in [0.05, 0.1) is 10.0 Å². The minimum atomic E-state index is -0.433. The van der Waals surface area contributed by atoms with Crippen LogP contribution < -0.4 is 21.3 Å². The number of fused-ring (bicyclic) bond motifs is 1. The highest BCUT2D eigenvalue weighted by molar-refractivity contribution is 6.39. The molecular formula is C24H31Cl2N7O. The zero-order chi connectivity index (χ0) is 25.3. The number of carbonyl (C=O) groups excluding carboxylic acids is 1. The average molecular weight is 504 g/mol. The van der Waals surface area contributed by atoms with E-state index in [-0.39, 0.29) is 5.54 Å². The number of nitrogens with two attached hydrogens (primary N) is 1. The number of urea groups is 1. The van der Waals surface area contributed by atoms with Crippen LogP contribution in [0.1, 0.15) is 41.0 Å². The zero-order valence-corrected chi connectivity index (χ0v) is 21.8. The first-order valence-corrected chi connectivity index (χ1v) is 11.7. The van der Waals surface area contributed by atoms with Gasteiger partial charge in [-0.3, -0.25) is 5.32 Å². The summed E-state index contributed by atoms with van der Waals surface area (Å²) in [5.41, 5.74) is 6.95. The molecule has 10 heteroatoms. The molecular weight excluding hydrogens is 473 g/mol. The van der Waals surface area contributed by atoms with Gasteiger partial charge in [-0.25, -0.2) is 14.8 Å². The molecule has 0 spiro atoms. The van der Waals surface area contributed by atoms with E-state index in [9.17, 15) is 4.79 Å². The summed E-state index contributed by atoms with van der Waals surface area (Å²) in [6.45, 7) is 10.3. The van der Waals surface area contributed by atoms with Crippen molar-refractivity contribution in [3.05, 3.63) is 40.5 Å². The number of carbonyl (C=O) groups is 1. The third kappa shape index (κ3) is 6.68. The molecule has 0 aliphatic heterocycles. The standard InChI is InChI=1S/C24H31Cl2N7O/c1-23(2,3)32-22(34)31-20-15(18-16(25)8-7-9-17(18)26)12-14-13-28-21(30-19(14)29-20)33(6)11-10-24(4,5)27/h7-9,12-13H,10-11,27H2,1-6H3,(H2,28,29,30,31,32,34). The zero-order valence-electron chi connectivity index (χ0n) is 20.3. The molecule has 3 rings (SSSR count). The van der Waals surface area contributed by atoms with Gasteiger partial charge < -0.3 is 16.0 Å². The van der Waals surface area contributed by atoms with Crippen LogP contribution in [0, 0.1) is 0 Å². The first kappa shape index (κ1) is 25.9. The summed E-state index contributed by atoms with van der Waals surface area (Å²) in [4.78, 5) is 28.4. The Balaban J connectivity index is 2.08. The molecule has 0 atom stereocenters. The van der Waals surface area contributed by atoms with Crippen molar-refractivity contribution in [1.82, 2.24) is 20.3 Å². The second-order valence-electron chi connectivity index (χ2n) is 10.1. The van der Waals surface area contributed by atoms with Crippen LogP contribution in [0.4, 0.5) is 16.6 Å². The van der Waals surface area contributed by atoms with Gasteiger partial charge >= 0.3 is 6.03 Å². The molecule has 0 unspecified atom stereocenters. The van der Waals surface area contributed by atoms with Crippen LogP contribution in [0.2, 0.25) is 10.0 Å². The highest BCUT2D eigenvalue weighted by Crippen LogP contribution is 2.39. The molecule has 0 fully saturated rings. The van der Waals surface area contributed by atoms with Crippen molar-refractivity contribution in [1.29, 1.82) is 0 Å². The monoisotopic (exact) mass is 503 g/mol. The number of benzene rings is 1. The summed E-state index contributed by atoms with van der Waals surface area (Å²) < 4.78 is 0. The van der Waals surface area contributed by atoms with E-state index in [0.717, 1.165) is 6.42 Å². The Kier molecular flexibility index (Phi) is 7.55. The fraction of sp³-hybridized carbons (Fsp3) is 0.417. The number of aromatic nitrogens is 3. The summed E-state index contributed by atoms with van der Waals surface area (Å²) >= 11 is 13.0. The number of amides is 2. The fourth-order valence-electron chi connectivity index (χ4n) is 3.21. The van der Waals surface area contributed by atoms with Crippen LogP contribution in [-0.4, -0.2) is 45.7 Å². The smallest absolute Gasteiger partial charge is 0.320 e. The Morgan fingerprint density at radius 3 is 2.35 bits per heavy atom. The molecule has 4 N–H and O–H groups in total. The van der Waals surface area contributed by atoms with Gasteiger partial charge in [0.2, 0.25) is 5.95 Å². The predicted molar refractivity (Wildman–Crippen MR) is 141 cm³/mol. The van der Waals surface area contributed by atoms with Gasteiger partial charge in [0.1, 0.15) is 5.82 Å². The fourth-order valence-corrected chi connectivity index (χ4v) is 3.82. The lowest BCUT2D eigenvalue weighted by molar-refractivity contribution is 0.243. The summed E-state index contributed by atoms with van der Waals surface area (Å²) in [6.07, 6.45) is 2.46. The number of pyridine rings is 1. The first-order valence-electron chi connectivity index (χ1n) is 10.9. The third-order valence-electron chi connectivity index (χ3n) is 4.94. The molecule has 0 saturated carbocycles. The van der Waals surface area contributed by atoms with E-state index < -0.39 is 11.6 Å². The largest absolute Gasteiger partial charge is 0.344 e. The van der Waals surface area contributed by atoms with Crippen molar-refractivity contribution in [3.63, 3.8) is 0 Å². The summed E-state index contributed by atoms with van der Waals surface area (Å²) in [5, 5.41) is 7.28. The van der Waals surface area contributed by atoms with Gasteiger partial charge in [-0.05, 0) is 59.2 Å². The molecule has 0 aliphatic rings. The van der Waals surface area contributed by atoms with Crippen molar-refractivity contribution in [3.8, 4) is 11.1 Å². The van der Waals surface area contributed by atoms with E-state index in [1.165, 1.54) is 0 Å². The Bertz CT molecular complexity index is 1180. The number of anilines is 2. The van der Waals surface area contributed by atoms with E-state index in [4.69, 9.17) is 28.9 Å². The van der Waals surface area contributed by atoms with E-state index in [2.05, 4.69) is 25.6 Å². The Morgan fingerprint density at radius 1 is 1.12 bits per heavy atom. The Morgan fingerprint density at radius 2 is 1.76 bits per heavy atom. The maximum atomic E-state index is 12.7. The Hall–Kier alpha value is -2.68. The first-order chi connectivity index (χ1) is 15.7. The highest BCUT2D eigenvalue weighted by atomic mass is 35.5. The third-order valence-corrected chi connectivity index (χ3v) is 5.57. The summed E-state index contributed by atoms with van der Waals surface area (Å²) in [6, 6.07) is 6.66. The van der Waals surface area contributed by atoms with Crippen molar-refractivity contribution >= 4 is 52.0 Å². The molecule has 8 nitrogen and oxygen atoms in total. The molecule has 0 radical (unpaired) electrons. The minimum absolute atomic E-state index is 0.291. The quantitative estimate of drug-likeness (QED) is 0.410. The van der Waals surface area contributed by atoms with Crippen LogP contribution >= 0.6 is 23.2 Å². The van der Waals surface area contributed by atoms with Gasteiger partial charge in [0.15, 0.2) is 5.65 Å². The molecule has 2 heterocycles. The summed E-state index contributed by atoms with van der Waals surface area (Å²) in [7, 11) is 1.90. The summed E-state index contributed by atoms with van der Waals surface area (Å²) in [5.74, 6) is 0.803. The van der Waals surface area contributed by atoms with Gasteiger partial charge in [0, 0.05) is 47.4 Å². The molecule has 0 aliphatic carbocycles. The number of nitrogens with one attached hydrogen (secondary N) is 2. The molecule has 0 bridgehead atoms. The molecule has 1 aromatic carbocycles. The van der Waals surface area contributed by atoms with Crippen LogP contribution in [-0.2, 0) is 0 Å². The number of halogens is 2. The van der Waals surface area contributed by atoms with Crippen LogP contribution in [0.25, 0.3) is 22.2 Å². The number of nitrogens with zero attached hydrogens (tertiary/aromatic N) is 4. The minimum Gasteiger partial charge on any atom is -0.344 e. The van der Waals surface area contributed by atoms with Crippen molar-refractivity contribution < 1.29 is 4.79 Å². The topological polar surface area (TPSA) is 109 Å². The SMILES string of the molecule is CN(CCC(C)(C)N)c1ncc2cc(-c3c(Cl)cccc3Cl)c(NC(=O)NC(C)(C)C)nc2n1. The maximum absolute atomic E-state index is 12.7. The van der Waals surface area contributed by atoms with Crippen molar-refractivity contribution in [2.75, 3.05) is 23.8 Å². The van der Waals surface area contributed by atoms with Crippen LogP contribution in [0.5, 0.6) is 0 Å². The Labute approximate surface area is 210 Å². The predicted octanol–water partition coefficient (Wildman–Crippen LogP) is 5.48. The average Bonchev–Trinajstić information content (AvgIpc) is 2.69. The number of hydrogen-bond acceptors (Lipinski definition) is 6. The number of hydrogen-bond donors (Lipinski definition) is 3. The maximum Gasteiger partial charge on any atom is 0.320 e. The molecule has 0 saturated heterocycles. The van der Waals surface area contributed by atoms with Crippen molar-refractivity contribution in [2.45, 2.75) is 52.1 Å². The second kappa shape index (κ2) is 9.90. The lowest BCUT2D eigenvalue weighted by atomic mass is 10.0. The highest BCUT2D eigenvalue weighted by Gasteiger charge is 2.21. The van der Waals surface area contributed by atoms with Crippen molar-refractivity contribution in [2.24, 2.45) is 5.73 Å². The molecule has 34 heavy (non-hydrogen) atoms. The van der Waals surface area contributed by atoms with Crippen LogP contribution in [0.15, 0.2) is 30.5 Å². The lowest BCUT2D eigenvalue weighted by Crippen LogP contribution is -2.43. The molecule has 2 aromatic heterocycles. The van der Waals surface area contributed by atoms with E-state index in [1.54, 1.807) is 24.4 Å². The second-order valence-corrected chi connectivity index (χ2v) is 10.9. The van der Waals surface area contributed by atoms with Gasteiger partial charge in [-0.1, -0.05) is 29.3 Å². The van der Waals surface area contributed by atoms with E-state index >= 15 is 0 Å². The number of rotatable bonds is 6. The molecule has 182 valence electrons. The lowest BCUT2D eigenvalue weighted by Gasteiger charge is -2.24. The van der Waals surface area contributed by atoms with E-state index in [0.29, 0.717) is 50.5 Å².